The quantitative estimate of drug-likeness (QED) is 0.273. The van der Waals surface area contributed by atoms with Crippen LogP contribution in [0, 0.1) is 6.10 Å². The van der Waals surface area contributed by atoms with Crippen LogP contribution in [-0.4, -0.2) is 62.0 Å². The number of rotatable bonds is 11. The zero-order valence-electron chi connectivity index (χ0n) is 18.7. The summed E-state index contributed by atoms with van der Waals surface area (Å²) in [6, 6.07) is 0. The number of hydrogen-bond donors (Lipinski definition) is 1. The fourth-order valence-electron chi connectivity index (χ4n) is 3.58. The van der Waals surface area contributed by atoms with E-state index in [4.69, 9.17) is 33.7 Å². The Labute approximate surface area is 194 Å². The van der Waals surface area contributed by atoms with Gasteiger partial charge >= 0.3 is 0 Å². The molecule has 0 spiro atoms. The molecule has 2 fully saturated rings. The van der Waals surface area contributed by atoms with Gasteiger partial charge in [-0.15, -0.1) is 6.10 Å². The summed E-state index contributed by atoms with van der Waals surface area (Å²) < 4.78 is 46.1. The molecule has 2 rings (SSSR count). The van der Waals surface area contributed by atoms with E-state index in [1.807, 2.05) is 41.5 Å². The van der Waals surface area contributed by atoms with Crippen molar-refractivity contribution < 1.29 is 58.5 Å². The van der Waals surface area contributed by atoms with Crippen LogP contribution >= 0.6 is 7.82 Å². The van der Waals surface area contributed by atoms with E-state index in [-0.39, 0.29) is 71.3 Å². The zero-order chi connectivity index (χ0) is 21.8. The molecule has 11 heteroatoms. The predicted molar refractivity (Wildman–Crippen MR) is 105 cm³/mol. The van der Waals surface area contributed by atoms with Crippen molar-refractivity contribution >= 4 is 7.82 Å². The Morgan fingerprint density at radius 2 is 1.87 bits per heavy atom. The number of phosphoric ester groups is 1. The molecule has 0 amide bonds. The number of phosphoric acid groups is 1. The molecule has 0 saturated carbocycles. The Morgan fingerprint density at radius 3 is 2.43 bits per heavy atom. The van der Waals surface area contributed by atoms with Crippen LogP contribution < -0.4 is 10.6 Å². The third-order valence-corrected chi connectivity index (χ3v) is 5.85. The van der Waals surface area contributed by atoms with Gasteiger partial charge in [-0.2, -0.15) is 0 Å². The van der Waals surface area contributed by atoms with E-state index < -0.39 is 19.5 Å². The first-order valence-corrected chi connectivity index (χ1v) is 11.7. The van der Waals surface area contributed by atoms with E-state index in [1.165, 1.54) is 0 Å². The van der Waals surface area contributed by atoms with Crippen molar-refractivity contribution in [1.82, 2.24) is 0 Å². The van der Waals surface area contributed by atoms with Crippen LogP contribution in [0.2, 0.25) is 0 Å². The minimum Gasteiger partial charge on any atom is -0.756 e. The standard InChI is InChI=1S/C19H37NO8P.W/c1-12(2)23-11-19(10-20)18(8-15(6)27-19)28-29(21,22)24-9-17-16(25-13(3)4)7-14(5)26-17;/h12-16,18H,7-11,20H2,1-6H3,(H,21,22);/q-1;/p-1/t14-,15-,16?,18?,19+;/m0./s1. The second kappa shape index (κ2) is 12.2. The zero-order valence-corrected chi connectivity index (χ0v) is 22.5. The molecule has 2 saturated heterocycles. The summed E-state index contributed by atoms with van der Waals surface area (Å²) in [7, 11) is -4.64. The van der Waals surface area contributed by atoms with Gasteiger partial charge in [-0.05, 0) is 60.7 Å². The second-order valence-corrected chi connectivity index (χ2v) is 9.77. The van der Waals surface area contributed by atoms with Gasteiger partial charge in [-0.1, -0.05) is 0 Å². The van der Waals surface area contributed by atoms with Crippen molar-refractivity contribution in [3.05, 3.63) is 6.10 Å². The third kappa shape index (κ3) is 8.18. The van der Waals surface area contributed by atoms with Gasteiger partial charge in [-0.25, -0.2) is 0 Å². The van der Waals surface area contributed by atoms with E-state index >= 15 is 0 Å². The van der Waals surface area contributed by atoms with Gasteiger partial charge < -0.3 is 38.6 Å². The largest absolute Gasteiger partial charge is 0.756 e. The van der Waals surface area contributed by atoms with Crippen molar-refractivity contribution in [3.8, 4) is 0 Å². The van der Waals surface area contributed by atoms with E-state index in [0.717, 1.165) is 0 Å². The monoisotopic (exact) mass is 621 g/mol. The molecule has 9 nitrogen and oxygen atoms in total. The fourth-order valence-corrected chi connectivity index (χ4v) is 4.52. The maximum Gasteiger partial charge on any atom is 0.265 e. The summed E-state index contributed by atoms with van der Waals surface area (Å²) in [4.78, 5) is 12.5. The first-order chi connectivity index (χ1) is 13.5. The first kappa shape index (κ1) is 28.6. The van der Waals surface area contributed by atoms with Crippen LogP contribution in [0.15, 0.2) is 0 Å². The van der Waals surface area contributed by atoms with Crippen LogP contribution in [0.4, 0.5) is 0 Å². The van der Waals surface area contributed by atoms with Crippen molar-refractivity contribution in [2.75, 3.05) is 19.8 Å². The maximum atomic E-state index is 12.5. The van der Waals surface area contributed by atoms with Gasteiger partial charge in [0.15, 0.2) is 0 Å². The van der Waals surface area contributed by atoms with Crippen LogP contribution in [-0.2, 0) is 53.6 Å². The normalized spacial score (nSPS) is 34.5. The molecule has 0 aromatic rings. The molecule has 0 aliphatic carbocycles. The van der Waals surface area contributed by atoms with Crippen LogP contribution in [0.5, 0.6) is 0 Å². The van der Waals surface area contributed by atoms with Crippen molar-refractivity contribution in [2.45, 2.75) is 96.6 Å². The van der Waals surface area contributed by atoms with E-state index in [0.29, 0.717) is 18.9 Å². The molecule has 30 heavy (non-hydrogen) atoms. The summed E-state index contributed by atoms with van der Waals surface area (Å²) in [6.07, 6.45) is 0.0446. The predicted octanol–water partition coefficient (Wildman–Crippen LogP) is 1.92. The smallest absolute Gasteiger partial charge is 0.265 e. The van der Waals surface area contributed by atoms with Gasteiger partial charge in [0.2, 0.25) is 0 Å². The summed E-state index contributed by atoms with van der Waals surface area (Å²) in [5.41, 5.74) is 4.88. The van der Waals surface area contributed by atoms with E-state index in [9.17, 15) is 9.46 Å². The summed E-state index contributed by atoms with van der Waals surface area (Å²) in [5, 5.41) is 0. The second-order valence-electron chi connectivity index (χ2n) is 8.41. The molecule has 2 N–H and O–H groups in total. The number of nitrogens with two attached hydrogens (primary N) is 1. The van der Waals surface area contributed by atoms with Gasteiger partial charge in [-0.3, -0.25) is 4.57 Å². The number of hydrogen-bond acceptors (Lipinski definition) is 9. The molecule has 2 aliphatic rings. The van der Waals surface area contributed by atoms with E-state index in [1.54, 1.807) is 0 Å². The molecule has 178 valence electrons. The molecule has 0 aromatic carbocycles. The Morgan fingerprint density at radius 1 is 1.20 bits per heavy atom. The van der Waals surface area contributed by atoms with Crippen molar-refractivity contribution in [1.29, 1.82) is 0 Å². The fraction of sp³-hybridized carbons (Fsp3) is 0.947. The van der Waals surface area contributed by atoms with Gasteiger partial charge in [0, 0.05) is 46.2 Å². The maximum absolute atomic E-state index is 12.5. The molecule has 6 atom stereocenters. The molecule has 0 aromatic heterocycles. The molecule has 0 radical (unpaired) electrons. The van der Waals surface area contributed by atoms with Crippen molar-refractivity contribution in [3.63, 3.8) is 0 Å². The molecular formula is C19H36NO8PW-2. The third-order valence-electron chi connectivity index (χ3n) is 4.89. The molecule has 2 aliphatic heterocycles. The SMILES string of the molecule is CC(C)OC[C@@]1(CN)O[C@@H](C)CC1OP(=O)([O-])OC[C-]1O[C@@H](C)CC1OC(C)C.[W]. The molecule has 0 bridgehead atoms. The molecule has 2 heterocycles. The Kier molecular flexibility index (Phi) is 11.6. The Bertz CT molecular complexity index is 569. The van der Waals surface area contributed by atoms with E-state index in [2.05, 4.69) is 0 Å². The summed E-state index contributed by atoms with van der Waals surface area (Å²) >= 11 is 0. The Balaban J connectivity index is 0.00000450. The van der Waals surface area contributed by atoms with Crippen LogP contribution in [0.1, 0.15) is 54.4 Å². The number of ether oxygens (including phenoxy) is 4. The van der Waals surface area contributed by atoms with Gasteiger partial charge in [0.25, 0.3) is 7.82 Å². The van der Waals surface area contributed by atoms with Crippen LogP contribution in [0.3, 0.4) is 0 Å². The van der Waals surface area contributed by atoms with Gasteiger partial charge in [0.1, 0.15) is 11.7 Å². The van der Waals surface area contributed by atoms with Crippen molar-refractivity contribution in [2.24, 2.45) is 5.73 Å². The Hall–Kier alpha value is 0.598. The summed E-state index contributed by atoms with van der Waals surface area (Å²) in [5.74, 6) is 0. The minimum atomic E-state index is -4.64. The average molecular weight is 621 g/mol. The molecule has 3 unspecified atom stereocenters. The van der Waals surface area contributed by atoms with Gasteiger partial charge in [0.05, 0.1) is 18.8 Å². The minimum absolute atomic E-state index is 0. The first-order valence-electron chi connectivity index (χ1n) is 10.3. The molecular weight excluding hydrogens is 585 g/mol. The topological polar surface area (TPSA) is 122 Å². The summed E-state index contributed by atoms with van der Waals surface area (Å²) in [6.45, 7) is 11.3. The van der Waals surface area contributed by atoms with Crippen LogP contribution in [0.25, 0.3) is 0 Å². The average Bonchev–Trinajstić information content (AvgIpc) is 3.09.